The summed E-state index contributed by atoms with van der Waals surface area (Å²) in [6, 6.07) is 0. The van der Waals surface area contributed by atoms with Crippen molar-refractivity contribution in [2.24, 2.45) is 0 Å². The zero-order valence-electron chi connectivity index (χ0n) is 18.5. The van der Waals surface area contributed by atoms with Crippen molar-refractivity contribution in [3.63, 3.8) is 0 Å². The fourth-order valence-electron chi connectivity index (χ4n) is 2.09. The molecule has 0 aliphatic rings. The first kappa shape index (κ1) is 29.5. The van der Waals surface area contributed by atoms with E-state index < -0.39 is 0 Å². The number of hydrogen-bond donors (Lipinski definition) is 0. The Kier molecular flexibility index (Phi) is 19.2. The van der Waals surface area contributed by atoms with Crippen molar-refractivity contribution in [1.29, 1.82) is 0 Å². The van der Waals surface area contributed by atoms with Crippen LogP contribution in [0.2, 0.25) is 0 Å². The van der Waals surface area contributed by atoms with Crippen LogP contribution in [0.5, 0.6) is 0 Å². The molecule has 0 amide bonds. The Bertz CT molecular complexity index is 686. The number of allylic oxidation sites excluding steroid dienone is 15. The van der Waals surface area contributed by atoms with Crippen LogP contribution < -0.4 is 12.4 Å². The molecule has 0 saturated carbocycles. The molecule has 0 spiro atoms. The maximum atomic E-state index is 5.97. The van der Waals surface area contributed by atoms with E-state index in [4.69, 9.17) is 9.47 Å². The molecule has 0 fully saturated rings. The highest BCUT2D eigenvalue weighted by molar-refractivity contribution is 5.19. The molecular formula is C26H36ClNO2. The van der Waals surface area contributed by atoms with E-state index in [9.17, 15) is 0 Å². The van der Waals surface area contributed by atoms with Crippen LogP contribution in [-0.4, -0.2) is 44.9 Å². The Hall–Kier alpha value is -2.75. The van der Waals surface area contributed by atoms with E-state index in [0.717, 1.165) is 11.0 Å². The molecule has 0 heterocycles. The molecule has 0 aliphatic heterocycles. The highest BCUT2D eigenvalue weighted by Gasteiger charge is 2.20. The quantitative estimate of drug-likeness (QED) is 0.226. The lowest BCUT2D eigenvalue weighted by Gasteiger charge is -2.29. The standard InChI is InChI=1S/C26H36NO2.ClH/c1-7-9-11-13-15-16-18-20-22-28-24-26(23-27(4,5)6)29-25(3)21-19-17-14-12-10-8-2;/h7-22,26H,1-3,23-24H2,4-6H3;1H/q+1;/p-1/b11-9+,12-10+,15-13+,17-14+,18-16+,21-19+,22-20-;. The highest BCUT2D eigenvalue weighted by Crippen LogP contribution is 2.08. The van der Waals surface area contributed by atoms with Gasteiger partial charge in [-0.15, -0.1) is 0 Å². The lowest BCUT2D eigenvalue weighted by molar-refractivity contribution is -0.873. The number of nitrogens with zero attached hydrogens (tertiary/aromatic N) is 1. The number of rotatable bonds is 15. The molecule has 1 atom stereocenters. The van der Waals surface area contributed by atoms with Crippen molar-refractivity contribution in [3.05, 3.63) is 123 Å². The third-order valence-corrected chi connectivity index (χ3v) is 3.19. The van der Waals surface area contributed by atoms with Gasteiger partial charge in [-0.2, -0.15) is 0 Å². The van der Waals surface area contributed by atoms with Gasteiger partial charge in [-0.3, -0.25) is 0 Å². The van der Waals surface area contributed by atoms with Crippen molar-refractivity contribution in [3.8, 4) is 0 Å². The van der Waals surface area contributed by atoms with Gasteiger partial charge >= 0.3 is 0 Å². The smallest absolute Gasteiger partial charge is 0.181 e. The van der Waals surface area contributed by atoms with Gasteiger partial charge in [0.2, 0.25) is 0 Å². The van der Waals surface area contributed by atoms with Crippen molar-refractivity contribution in [2.75, 3.05) is 34.3 Å². The van der Waals surface area contributed by atoms with Crippen LogP contribution in [0.25, 0.3) is 0 Å². The number of likely N-dealkylation sites (N-methyl/N-ethyl adjacent to an activating group) is 1. The minimum Gasteiger partial charge on any atom is -1.00 e. The highest BCUT2D eigenvalue weighted by atomic mass is 35.5. The van der Waals surface area contributed by atoms with Gasteiger partial charge in [0.1, 0.15) is 18.9 Å². The molecule has 0 aliphatic carbocycles. The molecule has 0 rings (SSSR count). The first-order valence-electron chi connectivity index (χ1n) is 9.56. The van der Waals surface area contributed by atoms with E-state index >= 15 is 0 Å². The molecule has 0 N–H and O–H groups in total. The predicted octanol–water partition coefficient (Wildman–Crippen LogP) is 2.84. The number of hydrogen-bond acceptors (Lipinski definition) is 2. The SMILES string of the molecule is C=C/C=C/C=C/C=C/C=C\OCC(C[N+](C)(C)C)OC(=C)/C=C/C=C/C=C/C=C.[Cl-]. The lowest BCUT2D eigenvalue weighted by Crippen LogP contribution is -3.00. The molecule has 30 heavy (non-hydrogen) atoms. The van der Waals surface area contributed by atoms with Gasteiger partial charge in [0, 0.05) is 0 Å². The zero-order chi connectivity index (χ0) is 21.8. The first-order chi connectivity index (χ1) is 13.9. The minimum atomic E-state index is -0.102. The molecule has 1 unspecified atom stereocenters. The predicted molar refractivity (Wildman–Crippen MR) is 127 cm³/mol. The van der Waals surface area contributed by atoms with Crippen molar-refractivity contribution >= 4 is 0 Å². The summed E-state index contributed by atoms with van der Waals surface area (Å²) < 4.78 is 12.4. The summed E-state index contributed by atoms with van der Waals surface area (Å²) in [7, 11) is 6.36. The van der Waals surface area contributed by atoms with Crippen LogP contribution in [0.15, 0.2) is 123 Å². The third-order valence-electron chi connectivity index (χ3n) is 3.19. The summed E-state index contributed by atoms with van der Waals surface area (Å²) in [5, 5.41) is 0. The second-order valence-corrected chi connectivity index (χ2v) is 7.10. The Morgan fingerprint density at radius 2 is 1.23 bits per heavy atom. The normalized spacial score (nSPS) is 13.8. The molecule has 0 radical (unpaired) electrons. The van der Waals surface area contributed by atoms with Gasteiger partial charge in [-0.1, -0.05) is 98.7 Å². The lowest BCUT2D eigenvalue weighted by atomic mass is 10.3. The number of halogens is 1. The van der Waals surface area contributed by atoms with E-state index in [0.29, 0.717) is 12.4 Å². The van der Waals surface area contributed by atoms with Crippen molar-refractivity contribution in [2.45, 2.75) is 6.10 Å². The third kappa shape index (κ3) is 21.5. The average molecular weight is 430 g/mol. The van der Waals surface area contributed by atoms with E-state index in [-0.39, 0.29) is 18.5 Å². The zero-order valence-corrected chi connectivity index (χ0v) is 19.2. The minimum absolute atomic E-state index is 0. The maximum absolute atomic E-state index is 5.97. The van der Waals surface area contributed by atoms with Gasteiger partial charge in [0.25, 0.3) is 0 Å². The van der Waals surface area contributed by atoms with Crippen LogP contribution in [0, 0.1) is 0 Å². The molecule has 0 aromatic heterocycles. The molecule has 164 valence electrons. The van der Waals surface area contributed by atoms with Gasteiger partial charge in [-0.25, -0.2) is 0 Å². The largest absolute Gasteiger partial charge is 1.00 e. The van der Waals surface area contributed by atoms with Crippen molar-refractivity contribution in [1.82, 2.24) is 0 Å². The van der Waals surface area contributed by atoms with Crippen LogP contribution in [0.1, 0.15) is 0 Å². The van der Waals surface area contributed by atoms with Crippen LogP contribution in [0.4, 0.5) is 0 Å². The summed E-state index contributed by atoms with van der Waals surface area (Å²) in [6.45, 7) is 12.5. The maximum Gasteiger partial charge on any atom is 0.181 e. The summed E-state index contributed by atoms with van der Waals surface area (Å²) in [6.07, 6.45) is 29.7. The summed E-state index contributed by atoms with van der Waals surface area (Å²) in [5.41, 5.74) is 0. The Labute approximate surface area is 189 Å². The average Bonchev–Trinajstić information content (AvgIpc) is 2.64. The fraction of sp³-hybridized carbons (Fsp3) is 0.231. The van der Waals surface area contributed by atoms with E-state index in [1.165, 1.54) is 0 Å². The van der Waals surface area contributed by atoms with E-state index in [1.54, 1.807) is 18.4 Å². The fourth-order valence-corrected chi connectivity index (χ4v) is 2.09. The van der Waals surface area contributed by atoms with Crippen LogP contribution in [-0.2, 0) is 9.47 Å². The molecule has 0 aromatic rings. The molecule has 0 aromatic carbocycles. The second kappa shape index (κ2) is 19.6. The van der Waals surface area contributed by atoms with E-state index in [1.807, 2.05) is 79.0 Å². The molecular weight excluding hydrogens is 394 g/mol. The summed E-state index contributed by atoms with van der Waals surface area (Å²) in [4.78, 5) is 0. The first-order valence-corrected chi connectivity index (χ1v) is 9.56. The Morgan fingerprint density at radius 3 is 1.73 bits per heavy atom. The number of ether oxygens (including phenoxy) is 2. The summed E-state index contributed by atoms with van der Waals surface area (Å²) >= 11 is 0. The molecule has 3 nitrogen and oxygen atoms in total. The van der Waals surface area contributed by atoms with Gasteiger partial charge in [0.05, 0.1) is 27.4 Å². The Balaban J connectivity index is 0. The van der Waals surface area contributed by atoms with Gasteiger partial charge < -0.3 is 26.4 Å². The van der Waals surface area contributed by atoms with Crippen LogP contribution >= 0.6 is 0 Å². The number of quaternary nitrogens is 1. The monoisotopic (exact) mass is 429 g/mol. The summed E-state index contributed by atoms with van der Waals surface area (Å²) in [5.74, 6) is 0.603. The molecule has 0 saturated heterocycles. The molecule has 0 bridgehead atoms. The topological polar surface area (TPSA) is 18.5 Å². The van der Waals surface area contributed by atoms with Gasteiger partial charge in [0.15, 0.2) is 6.10 Å². The van der Waals surface area contributed by atoms with Gasteiger partial charge in [-0.05, 0) is 12.2 Å². The Morgan fingerprint density at radius 1 is 0.767 bits per heavy atom. The van der Waals surface area contributed by atoms with Crippen LogP contribution in [0.3, 0.4) is 0 Å². The van der Waals surface area contributed by atoms with E-state index in [2.05, 4.69) is 40.9 Å². The second-order valence-electron chi connectivity index (χ2n) is 7.10. The molecule has 4 heteroatoms. The van der Waals surface area contributed by atoms with Crippen molar-refractivity contribution < 1.29 is 26.4 Å².